The number of carbonyl (C=O) groups is 2. The van der Waals surface area contributed by atoms with E-state index in [9.17, 15) is 26.8 Å². The van der Waals surface area contributed by atoms with Gasteiger partial charge in [-0.3, -0.25) is 9.59 Å². The van der Waals surface area contributed by atoms with E-state index in [0.29, 0.717) is 16.8 Å². The molecule has 1 fully saturated rings. The van der Waals surface area contributed by atoms with Crippen molar-refractivity contribution in [2.75, 3.05) is 18.4 Å². The molecular weight excluding hydrogens is 466 g/mol. The minimum Gasteiger partial charge on any atom is -0.452 e. The minimum atomic E-state index is -4.02. The number of hydrogen-bond donors (Lipinski definition) is 1. The van der Waals surface area contributed by atoms with Gasteiger partial charge in [0.1, 0.15) is 0 Å². The monoisotopic (exact) mass is 486 g/mol. The number of halogens is 3. The number of rotatable bonds is 6. The molecule has 2 aromatic rings. The van der Waals surface area contributed by atoms with Gasteiger partial charge in [0.25, 0.3) is 5.91 Å². The molecule has 1 unspecified atom stereocenters. The molecule has 172 valence electrons. The Balaban J connectivity index is 1.53. The largest absolute Gasteiger partial charge is 0.452 e. The zero-order chi connectivity index (χ0) is 23.5. The molecule has 0 aliphatic carbocycles. The zero-order valence-electron chi connectivity index (χ0n) is 17.1. The van der Waals surface area contributed by atoms with Gasteiger partial charge in [0.05, 0.1) is 10.8 Å². The number of anilines is 1. The molecular formula is C21H21ClF2N2O5S. The van der Waals surface area contributed by atoms with Crippen molar-refractivity contribution in [1.82, 2.24) is 4.31 Å². The van der Waals surface area contributed by atoms with E-state index in [2.05, 4.69) is 5.32 Å². The number of benzene rings is 2. The van der Waals surface area contributed by atoms with E-state index in [0.717, 1.165) is 16.4 Å². The maximum absolute atomic E-state index is 13.4. The number of sulfonamides is 1. The lowest BCUT2D eigenvalue weighted by Crippen LogP contribution is -2.41. The van der Waals surface area contributed by atoms with Crippen LogP contribution in [0.3, 0.4) is 0 Å². The van der Waals surface area contributed by atoms with Crippen LogP contribution in [0.1, 0.15) is 19.8 Å². The molecule has 1 aliphatic heterocycles. The third kappa shape index (κ3) is 5.62. The van der Waals surface area contributed by atoms with Gasteiger partial charge < -0.3 is 10.1 Å². The first-order valence-corrected chi connectivity index (χ1v) is 11.6. The van der Waals surface area contributed by atoms with Crippen molar-refractivity contribution in [2.24, 2.45) is 5.92 Å². The van der Waals surface area contributed by atoms with Gasteiger partial charge in [-0.2, -0.15) is 4.31 Å². The Bertz CT molecular complexity index is 1100. The van der Waals surface area contributed by atoms with E-state index in [1.807, 2.05) is 0 Å². The number of ether oxygens (including phenoxy) is 1. The molecule has 3 rings (SSSR count). The first-order chi connectivity index (χ1) is 15.1. The van der Waals surface area contributed by atoms with Crippen LogP contribution in [-0.2, 0) is 24.3 Å². The summed E-state index contributed by atoms with van der Waals surface area (Å²) >= 11 is 5.80. The molecule has 7 nitrogen and oxygen atoms in total. The van der Waals surface area contributed by atoms with Crippen molar-refractivity contribution in [1.29, 1.82) is 0 Å². The second-order valence-corrected chi connectivity index (χ2v) is 9.70. The van der Waals surface area contributed by atoms with Crippen LogP contribution in [0.2, 0.25) is 5.02 Å². The van der Waals surface area contributed by atoms with Crippen LogP contribution in [0.15, 0.2) is 47.4 Å². The maximum Gasteiger partial charge on any atom is 0.309 e. The molecule has 1 heterocycles. The van der Waals surface area contributed by atoms with E-state index in [4.69, 9.17) is 16.3 Å². The molecule has 0 aromatic heterocycles. The molecule has 1 amide bonds. The number of nitrogens with zero attached hydrogens (tertiary/aromatic N) is 1. The quantitative estimate of drug-likeness (QED) is 0.630. The van der Waals surface area contributed by atoms with Gasteiger partial charge in [0.2, 0.25) is 10.0 Å². The Hall–Kier alpha value is -2.56. The van der Waals surface area contributed by atoms with E-state index in [1.165, 1.54) is 6.92 Å². The average Bonchev–Trinajstić information content (AvgIpc) is 2.77. The lowest BCUT2D eigenvalue weighted by molar-refractivity contribution is -0.158. The topological polar surface area (TPSA) is 92.8 Å². The Morgan fingerprint density at radius 3 is 2.31 bits per heavy atom. The van der Waals surface area contributed by atoms with Crippen molar-refractivity contribution in [3.05, 3.63) is 59.1 Å². The van der Waals surface area contributed by atoms with Crippen molar-refractivity contribution in [2.45, 2.75) is 30.8 Å². The predicted octanol–water partition coefficient (Wildman–Crippen LogP) is 3.59. The summed E-state index contributed by atoms with van der Waals surface area (Å²) < 4.78 is 58.2. The molecule has 0 spiro atoms. The van der Waals surface area contributed by atoms with Crippen LogP contribution < -0.4 is 5.32 Å². The molecule has 1 atom stereocenters. The Labute approximate surface area is 189 Å². The fraction of sp³-hybridized carbons (Fsp3) is 0.333. The summed E-state index contributed by atoms with van der Waals surface area (Å²) in [7, 11) is -4.02. The molecule has 32 heavy (non-hydrogen) atoms. The Morgan fingerprint density at radius 1 is 1.09 bits per heavy atom. The van der Waals surface area contributed by atoms with Crippen molar-refractivity contribution >= 4 is 39.2 Å². The lowest BCUT2D eigenvalue weighted by atomic mass is 9.98. The van der Waals surface area contributed by atoms with Crippen LogP contribution in [0.25, 0.3) is 0 Å². The molecule has 2 aromatic carbocycles. The second kappa shape index (κ2) is 9.93. The van der Waals surface area contributed by atoms with E-state index in [1.54, 1.807) is 24.3 Å². The number of esters is 1. The minimum absolute atomic E-state index is 0.00640. The lowest BCUT2D eigenvalue weighted by Gasteiger charge is -2.30. The highest BCUT2D eigenvalue weighted by molar-refractivity contribution is 7.89. The summed E-state index contributed by atoms with van der Waals surface area (Å²) in [4.78, 5) is 24.3. The number of piperidine rings is 1. The number of nitrogens with one attached hydrogen (secondary N) is 1. The summed E-state index contributed by atoms with van der Waals surface area (Å²) in [6, 6.07) is 8.81. The van der Waals surface area contributed by atoms with Gasteiger partial charge in [-0.25, -0.2) is 17.2 Å². The van der Waals surface area contributed by atoms with Crippen molar-refractivity contribution < 1.29 is 31.5 Å². The van der Waals surface area contributed by atoms with Crippen LogP contribution >= 0.6 is 11.6 Å². The number of hydrogen-bond acceptors (Lipinski definition) is 5. The van der Waals surface area contributed by atoms with Crippen LogP contribution in [0, 0.1) is 17.6 Å². The molecule has 1 aliphatic rings. The third-order valence-corrected chi connectivity index (χ3v) is 7.24. The summed E-state index contributed by atoms with van der Waals surface area (Å²) in [5.41, 5.74) is 0.498. The van der Waals surface area contributed by atoms with E-state index >= 15 is 0 Å². The molecule has 1 N–H and O–H groups in total. The molecule has 0 bridgehead atoms. The predicted molar refractivity (Wildman–Crippen MR) is 113 cm³/mol. The standard InChI is InChI=1S/C21H21ClF2N2O5S/c1-13(20(27)25-16-4-2-15(22)3-5-16)31-21(28)14-8-10-26(11-9-14)32(29,30)17-6-7-18(23)19(24)12-17/h2-7,12-14H,8-11H2,1H3,(H,25,27). The third-order valence-electron chi connectivity index (χ3n) is 5.09. The molecule has 11 heteroatoms. The summed E-state index contributed by atoms with van der Waals surface area (Å²) in [5, 5.41) is 3.13. The highest BCUT2D eigenvalue weighted by Crippen LogP contribution is 2.26. The van der Waals surface area contributed by atoms with Crippen molar-refractivity contribution in [3.63, 3.8) is 0 Å². The van der Waals surface area contributed by atoms with Gasteiger partial charge in [-0.1, -0.05) is 11.6 Å². The Kier molecular flexibility index (Phi) is 7.47. The highest BCUT2D eigenvalue weighted by Gasteiger charge is 2.34. The van der Waals surface area contributed by atoms with Crippen molar-refractivity contribution in [3.8, 4) is 0 Å². The van der Waals surface area contributed by atoms with E-state index in [-0.39, 0.29) is 30.8 Å². The molecule has 1 saturated heterocycles. The summed E-state index contributed by atoms with van der Waals surface area (Å²) in [5.74, 6) is -4.10. The van der Waals surface area contributed by atoms with Gasteiger partial charge >= 0.3 is 5.97 Å². The Morgan fingerprint density at radius 2 is 1.72 bits per heavy atom. The van der Waals surface area contributed by atoms with Crippen LogP contribution in [-0.4, -0.2) is 43.8 Å². The summed E-state index contributed by atoms with van der Waals surface area (Å²) in [6.07, 6.45) is -0.706. The number of carbonyl (C=O) groups excluding carboxylic acids is 2. The highest BCUT2D eigenvalue weighted by atomic mass is 35.5. The number of amides is 1. The SMILES string of the molecule is CC(OC(=O)C1CCN(S(=O)(=O)c2ccc(F)c(F)c2)CC1)C(=O)Nc1ccc(Cl)cc1. The van der Waals surface area contributed by atoms with Crippen LogP contribution in [0.5, 0.6) is 0 Å². The van der Waals surface area contributed by atoms with E-state index < -0.39 is 45.6 Å². The zero-order valence-corrected chi connectivity index (χ0v) is 18.6. The van der Waals surface area contributed by atoms with Gasteiger partial charge in [-0.15, -0.1) is 0 Å². The summed E-state index contributed by atoms with van der Waals surface area (Å²) in [6.45, 7) is 1.45. The first-order valence-electron chi connectivity index (χ1n) is 9.80. The van der Waals surface area contributed by atoms with Gasteiger partial charge in [0.15, 0.2) is 17.7 Å². The smallest absolute Gasteiger partial charge is 0.309 e. The fourth-order valence-electron chi connectivity index (χ4n) is 3.22. The molecule has 0 radical (unpaired) electrons. The average molecular weight is 487 g/mol. The second-order valence-electron chi connectivity index (χ2n) is 7.33. The van der Waals surface area contributed by atoms with Crippen LogP contribution in [0.4, 0.5) is 14.5 Å². The van der Waals surface area contributed by atoms with Gasteiger partial charge in [0, 0.05) is 23.8 Å². The normalized spacial score (nSPS) is 16.4. The van der Waals surface area contributed by atoms with Gasteiger partial charge in [-0.05, 0) is 62.2 Å². The maximum atomic E-state index is 13.4. The fourth-order valence-corrected chi connectivity index (χ4v) is 4.83. The molecule has 0 saturated carbocycles. The first kappa shape index (κ1) is 24.1.